The number of halogens is 1. The summed E-state index contributed by atoms with van der Waals surface area (Å²) in [5.41, 5.74) is 3.57. The average molecular weight is 313 g/mol. The lowest BCUT2D eigenvalue weighted by Gasteiger charge is -2.07. The molecule has 0 spiro atoms. The van der Waals surface area contributed by atoms with Gasteiger partial charge >= 0.3 is 0 Å². The molecule has 0 aliphatic heterocycles. The number of hydrogen-bond acceptors (Lipinski definition) is 1. The number of rotatable bonds is 2. The number of hydrogen-bond donors (Lipinski definition) is 0. The van der Waals surface area contributed by atoms with E-state index in [1.165, 1.54) is 11.1 Å². The summed E-state index contributed by atoms with van der Waals surface area (Å²) >= 11 is 3.45. The maximum Gasteiger partial charge on any atom is 0.110 e. The predicted octanol–water partition coefficient (Wildman–Crippen LogP) is 4.61. The number of aryl methyl sites for hydroxylation is 1. The molecule has 0 radical (unpaired) electrons. The molecule has 0 atom stereocenters. The zero-order valence-corrected chi connectivity index (χ0v) is 12.1. The highest BCUT2D eigenvalue weighted by Gasteiger charge is 2.01. The molecule has 2 aromatic carbocycles. The molecule has 0 saturated heterocycles. The van der Waals surface area contributed by atoms with Gasteiger partial charge in [0.25, 0.3) is 0 Å². The van der Waals surface area contributed by atoms with E-state index >= 15 is 0 Å². The molecular formula is C16H13BrN2. The molecule has 0 unspecified atom stereocenters. The first-order valence-corrected chi connectivity index (χ1v) is 6.90. The Kier molecular flexibility index (Phi) is 3.22. The smallest absolute Gasteiger partial charge is 0.110 e. The van der Waals surface area contributed by atoms with Gasteiger partial charge in [-0.2, -0.15) is 0 Å². The van der Waals surface area contributed by atoms with Crippen LogP contribution in [0.4, 0.5) is 0 Å². The third-order valence-electron chi connectivity index (χ3n) is 3.15. The molecule has 3 rings (SSSR count). The van der Waals surface area contributed by atoms with Crippen LogP contribution in [0.3, 0.4) is 0 Å². The predicted molar refractivity (Wildman–Crippen MR) is 81.4 cm³/mol. The normalized spacial score (nSPS) is 10.6. The van der Waals surface area contributed by atoms with Crippen LogP contribution in [-0.2, 0) is 0 Å². The molecular weight excluding hydrogens is 300 g/mol. The van der Waals surface area contributed by atoms with Gasteiger partial charge in [-0.05, 0) is 42.3 Å². The number of imidazole rings is 1. The average Bonchev–Trinajstić information content (AvgIpc) is 2.86. The van der Waals surface area contributed by atoms with Crippen molar-refractivity contribution in [2.75, 3.05) is 0 Å². The Morgan fingerprint density at radius 1 is 0.895 bits per heavy atom. The first kappa shape index (κ1) is 12.2. The van der Waals surface area contributed by atoms with Crippen molar-refractivity contribution in [2.45, 2.75) is 6.92 Å². The van der Waals surface area contributed by atoms with E-state index in [1.54, 1.807) is 0 Å². The van der Waals surface area contributed by atoms with Crippen LogP contribution in [-0.4, -0.2) is 9.55 Å². The Morgan fingerprint density at radius 3 is 2.00 bits per heavy atom. The maximum absolute atomic E-state index is 4.24. The largest absolute Gasteiger partial charge is 0.304 e. The second-order valence-corrected chi connectivity index (χ2v) is 5.31. The van der Waals surface area contributed by atoms with Gasteiger partial charge in [0, 0.05) is 22.6 Å². The summed E-state index contributed by atoms with van der Waals surface area (Å²) in [6.45, 7) is 2.00. The Bertz CT molecular complexity index is 682. The second kappa shape index (κ2) is 5.02. The monoisotopic (exact) mass is 312 g/mol. The van der Waals surface area contributed by atoms with Crippen molar-refractivity contribution in [1.29, 1.82) is 0 Å². The fraction of sp³-hybridized carbons (Fsp3) is 0.0625. The Balaban J connectivity index is 1.95. The molecule has 0 aliphatic rings. The van der Waals surface area contributed by atoms with E-state index in [9.17, 15) is 0 Å². The van der Waals surface area contributed by atoms with Crippen molar-refractivity contribution in [2.24, 2.45) is 0 Å². The maximum atomic E-state index is 4.24. The number of aromatic nitrogens is 2. The van der Waals surface area contributed by atoms with Gasteiger partial charge in [0.15, 0.2) is 0 Å². The third-order valence-corrected chi connectivity index (χ3v) is 3.68. The number of nitrogens with zero attached hydrogens (tertiary/aromatic N) is 2. The van der Waals surface area contributed by atoms with E-state index in [2.05, 4.69) is 74.0 Å². The summed E-state index contributed by atoms with van der Waals surface area (Å²) in [6.07, 6.45) is 3.79. The van der Waals surface area contributed by atoms with Crippen LogP contribution in [0.15, 0.2) is 65.4 Å². The van der Waals surface area contributed by atoms with Crippen LogP contribution in [0, 0.1) is 6.92 Å². The van der Waals surface area contributed by atoms with Crippen LogP contribution < -0.4 is 0 Å². The summed E-state index contributed by atoms with van der Waals surface area (Å²) in [4.78, 5) is 4.24. The highest BCUT2D eigenvalue weighted by molar-refractivity contribution is 9.10. The van der Waals surface area contributed by atoms with Gasteiger partial charge in [0.05, 0.1) is 0 Å². The van der Waals surface area contributed by atoms with Crippen molar-refractivity contribution >= 4 is 15.9 Å². The molecule has 0 saturated carbocycles. The Hall–Kier alpha value is -1.87. The first-order chi connectivity index (χ1) is 9.24. The molecule has 0 bridgehead atoms. The summed E-state index contributed by atoms with van der Waals surface area (Å²) < 4.78 is 3.17. The minimum Gasteiger partial charge on any atom is -0.304 e. The summed E-state index contributed by atoms with van der Waals surface area (Å²) in [5.74, 6) is 0.997. The minimum atomic E-state index is 0.997. The van der Waals surface area contributed by atoms with E-state index < -0.39 is 0 Å². The van der Waals surface area contributed by atoms with Crippen molar-refractivity contribution < 1.29 is 0 Å². The topological polar surface area (TPSA) is 17.8 Å². The Morgan fingerprint density at radius 2 is 1.47 bits per heavy atom. The molecule has 0 aliphatic carbocycles. The van der Waals surface area contributed by atoms with Gasteiger partial charge < -0.3 is 4.57 Å². The van der Waals surface area contributed by atoms with Crippen LogP contribution in [0.2, 0.25) is 0 Å². The summed E-state index contributed by atoms with van der Waals surface area (Å²) in [5, 5.41) is 0. The van der Waals surface area contributed by atoms with Gasteiger partial charge in [-0.3, -0.25) is 0 Å². The van der Waals surface area contributed by atoms with Gasteiger partial charge in [-0.1, -0.05) is 40.2 Å². The molecule has 1 aromatic heterocycles. The third kappa shape index (κ3) is 2.47. The molecule has 3 aromatic rings. The quantitative estimate of drug-likeness (QED) is 0.675. The van der Waals surface area contributed by atoms with Gasteiger partial charge in [0.2, 0.25) is 0 Å². The molecule has 2 nitrogen and oxygen atoms in total. The lowest BCUT2D eigenvalue weighted by atomic mass is 10.1. The highest BCUT2D eigenvalue weighted by Crippen LogP contribution is 2.23. The van der Waals surface area contributed by atoms with Gasteiger partial charge in [-0.15, -0.1) is 0 Å². The zero-order chi connectivity index (χ0) is 13.2. The first-order valence-electron chi connectivity index (χ1n) is 6.10. The lowest BCUT2D eigenvalue weighted by molar-refractivity contribution is 0.975. The minimum absolute atomic E-state index is 0.997. The Labute approximate surface area is 120 Å². The zero-order valence-electron chi connectivity index (χ0n) is 10.5. The molecule has 0 amide bonds. The van der Waals surface area contributed by atoms with E-state index in [4.69, 9.17) is 0 Å². The second-order valence-electron chi connectivity index (χ2n) is 4.40. The van der Waals surface area contributed by atoms with Crippen LogP contribution in [0.1, 0.15) is 5.82 Å². The molecule has 3 heteroatoms. The molecule has 0 N–H and O–H groups in total. The van der Waals surface area contributed by atoms with Gasteiger partial charge in [-0.25, -0.2) is 4.98 Å². The molecule has 1 heterocycles. The van der Waals surface area contributed by atoms with Gasteiger partial charge in [0.1, 0.15) is 5.82 Å². The van der Waals surface area contributed by atoms with Crippen molar-refractivity contribution in [1.82, 2.24) is 9.55 Å². The summed E-state index contributed by atoms with van der Waals surface area (Å²) in [6, 6.07) is 16.9. The fourth-order valence-corrected chi connectivity index (χ4v) is 2.37. The fourth-order valence-electron chi connectivity index (χ4n) is 2.11. The van der Waals surface area contributed by atoms with E-state index in [-0.39, 0.29) is 0 Å². The molecule has 94 valence electrons. The van der Waals surface area contributed by atoms with E-state index in [0.717, 1.165) is 16.0 Å². The van der Waals surface area contributed by atoms with E-state index in [1.807, 2.05) is 19.3 Å². The molecule has 0 fully saturated rings. The lowest BCUT2D eigenvalue weighted by Crippen LogP contribution is -1.94. The SMILES string of the molecule is Cc1nccn1-c1ccc(-c2ccc(Br)cc2)cc1. The van der Waals surface area contributed by atoms with Crippen molar-refractivity contribution in [3.63, 3.8) is 0 Å². The van der Waals surface area contributed by atoms with E-state index in [0.29, 0.717) is 0 Å². The van der Waals surface area contributed by atoms with Crippen molar-refractivity contribution in [3.05, 3.63) is 71.2 Å². The van der Waals surface area contributed by atoms with Crippen LogP contribution >= 0.6 is 15.9 Å². The highest BCUT2D eigenvalue weighted by atomic mass is 79.9. The molecule has 19 heavy (non-hydrogen) atoms. The van der Waals surface area contributed by atoms with Crippen LogP contribution in [0.5, 0.6) is 0 Å². The number of benzene rings is 2. The standard InChI is InChI=1S/C16H13BrN2/c1-12-18-10-11-19(12)16-8-4-14(5-9-16)13-2-6-15(17)7-3-13/h2-11H,1H3. The summed E-state index contributed by atoms with van der Waals surface area (Å²) in [7, 11) is 0. The van der Waals surface area contributed by atoms with Crippen molar-refractivity contribution in [3.8, 4) is 16.8 Å². The van der Waals surface area contributed by atoms with Crippen LogP contribution in [0.25, 0.3) is 16.8 Å².